The highest BCUT2D eigenvalue weighted by atomic mass is 19.1. The highest BCUT2D eigenvalue weighted by Crippen LogP contribution is 2.24. The van der Waals surface area contributed by atoms with Crippen LogP contribution in [0.5, 0.6) is 5.75 Å². The van der Waals surface area contributed by atoms with E-state index in [1.165, 1.54) is 23.1 Å². The molecule has 1 aromatic heterocycles. The van der Waals surface area contributed by atoms with E-state index in [2.05, 4.69) is 5.32 Å². The van der Waals surface area contributed by atoms with Gasteiger partial charge in [0.2, 0.25) is 5.91 Å². The van der Waals surface area contributed by atoms with Crippen molar-refractivity contribution in [1.29, 1.82) is 0 Å². The lowest BCUT2D eigenvalue weighted by molar-refractivity contribution is -0.121. The SMILES string of the molecule is CCOc1ccc(-c2cn(CNC(=O)CC)oc2=O)cc1F. The number of rotatable bonds is 6. The number of carbonyl (C=O) groups excluding carboxylic acids is 1. The van der Waals surface area contributed by atoms with Gasteiger partial charge in [-0.2, -0.15) is 4.74 Å². The summed E-state index contributed by atoms with van der Waals surface area (Å²) in [6, 6.07) is 4.26. The van der Waals surface area contributed by atoms with Crippen LogP contribution in [-0.4, -0.2) is 17.3 Å². The van der Waals surface area contributed by atoms with Crippen LogP contribution >= 0.6 is 0 Å². The van der Waals surface area contributed by atoms with Crippen molar-refractivity contribution in [2.24, 2.45) is 0 Å². The van der Waals surface area contributed by atoms with Gasteiger partial charge < -0.3 is 14.6 Å². The highest BCUT2D eigenvalue weighted by Gasteiger charge is 2.12. The van der Waals surface area contributed by atoms with Gasteiger partial charge in [0.05, 0.1) is 18.4 Å². The second-order valence-electron chi connectivity index (χ2n) is 4.53. The topological polar surface area (TPSA) is 73.5 Å². The van der Waals surface area contributed by atoms with Crippen LogP contribution in [0.15, 0.2) is 33.7 Å². The number of ether oxygens (including phenoxy) is 1. The van der Waals surface area contributed by atoms with E-state index in [4.69, 9.17) is 9.26 Å². The normalized spacial score (nSPS) is 10.5. The fourth-order valence-corrected chi connectivity index (χ4v) is 1.88. The minimum Gasteiger partial charge on any atom is -0.491 e. The summed E-state index contributed by atoms with van der Waals surface area (Å²) in [7, 11) is 0. The summed E-state index contributed by atoms with van der Waals surface area (Å²) < 4.78 is 25.1. The summed E-state index contributed by atoms with van der Waals surface area (Å²) in [5.41, 5.74) is -0.00252. The van der Waals surface area contributed by atoms with E-state index in [1.54, 1.807) is 19.9 Å². The molecule has 1 amide bonds. The maximum absolute atomic E-state index is 13.8. The van der Waals surface area contributed by atoms with Crippen LogP contribution in [-0.2, 0) is 11.5 Å². The summed E-state index contributed by atoms with van der Waals surface area (Å²) in [5, 5.41) is 2.58. The van der Waals surface area contributed by atoms with Crippen molar-refractivity contribution in [3.05, 3.63) is 40.6 Å². The molecule has 7 heteroatoms. The molecule has 0 bridgehead atoms. The number of amides is 1. The molecule has 118 valence electrons. The average Bonchev–Trinajstić information content (AvgIpc) is 2.88. The number of halogens is 1. The lowest BCUT2D eigenvalue weighted by atomic mass is 10.1. The van der Waals surface area contributed by atoms with Crippen LogP contribution < -0.4 is 15.7 Å². The average molecular weight is 308 g/mol. The first kappa shape index (κ1) is 15.8. The molecule has 0 fully saturated rings. The molecular weight excluding hydrogens is 291 g/mol. The Kier molecular flexibility index (Phi) is 4.98. The van der Waals surface area contributed by atoms with Gasteiger partial charge in [0.1, 0.15) is 6.67 Å². The van der Waals surface area contributed by atoms with Crippen LogP contribution in [0.3, 0.4) is 0 Å². The van der Waals surface area contributed by atoms with E-state index in [0.717, 1.165) is 0 Å². The van der Waals surface area contributed by atoms with E-state index < -0.39 is 11.4 Å². The summed E-state index contributed by atoms with van der Waals surface area (Å²) in [6.07, 6.45) is 1.76. The second kappa shape index (κ2) is 6.93. The van der Waals surface area contributed by atoms with E-state index in [-0.39, 0.29) is 23.9 Å². The monoisotopic (exact) mass is 308 g/mol. The number of carbonyl (C=O) groups is 1. The zero-order valence-electron chi connectivity index (χ0n) is 12.4. The minimum atomic E-state index is -0.602. The first-order chi connectivity index (χ1) is 10.5. The fraction of sp³-hybridized carbons (Fsp3) is 0.333. The lowest BCUT2D eigenvalue weighted by Gasteiger charge is -2.05. The van der Waals surface area contributed by atoms with Gasteiger partial charge in [-0.15, -0.1) is 0 Å². The Labute approximate surface area is 126 Å². The zero-order chi connectivity index (χ0) is 16.1. The largest absolute Gasteiger partial charge is 0.491 e. The molecule has 0 aliphatic heterocycles. The van der Waals surface area contributed by atoms with Gasteiger partial charge >= 0.3 is 5.63 Å². The zero-order valence-corrected chi connectivity index (χ0v) is 12.4. The number of aromatic nitrogens is 1. The standard InChI is InChI=1S/C15H17FN2O4/c1-3-14(19)17-9-18-8-11(15(20)22-18)10-5-6-13(21-4-2)12(16)7-10/h5-8H,3-4,9H2,1-2H3,(H,17,19). The van der Waals surface area contributed by atoms with E-state index in [9.17, 15) is 14.0 Å². The first-order valence-corrected chi connectivity index (χ1v) is 6.95. The Morgan fingerprint density at radius 2 is 2.18 bits per heavy atom. The predicted octanol–water partition coefficient (Wildman–Crippen LogP) is 2.13. The van der Waals surface area contributed by atoms with Crippen molar-refractivity contribution in [2.45, 2.75) is 26.9 Å². The van der Waals surface area contributed by atoms with Gasteiger partial charge in [-0.25, -0.2) is 9.18 Å². The third-order valence-corrected chi connectivity index (χ3v) is 2.99. The molecule has 1 N–H and O–H groups in total. The number of hydrogen-bond acceptors (Lipinski definition) is 4. The Hall–Kier alpha value is -2.57. The number of nitrogens with one attached hydrogen (secondary N) is 1. The Balaban J connectivity index is 2.22. The number of nitrogens with zero attached hydrogens (tertiary/aromatic N) is 1. The van der Waals surface area contributed by atoms with Gasteiger partial charge in [0, 0.05) is 6.42 Å². The van der Waals surface area contributed by atoms with Crippen molar-refractivity contribution < 1.29 is 18.4 Å². The number of benzene rings is 1. The second-order valence-corrected chi connectivity index (χ2v) is 4.53. The Morgan fingerprint density at radius 1 is 1.41 bits per heavy atom. The van der Waals surface area contributed by atoms with Crippen LogP contribution in [0.2, 0.25) is 0 Å². The fourth-order valence-electron chi connectivity index (χ4n) is 1.88. The molecular formula is C15H17FN2O4. The van der Waals surface area contributed by atoms with Crippen molar-refractivity contribution in [3.63, 3.8) is 0 Å². The molecule has 0 unspecified atom stereocenters. The molecule has 1 aromatic carbocycles. The third kappa shape index (κ3) is 3.55. The van der Waals surface area contributed by atoms with E-state index >= 15 is 0 Å². The molecule has 0 aliphatic rings. The number of hydrogen-bond donors (Lipinski definition) is 1. The Morgan fingerprint density at radius 3 is 2.82 bits per heavy atom. The minimum absolute atomic E-state index is 0.0431. The summed E-state index contributed by atoms with van der Waals surface area (Å²) in [5.74, 6) is -0.582. The predicted molar refractivity (Wildman–Crippen MR) is 78.0 cm³/mol. The van der Waals surface area contributed by atoms with Gasteiger partial charge in [-0.05, 0) is 24.6 Å². The molecule has 0 aliphatic carbocycles. The maximum Gasteiger partial charge on any atom is 0.365 e. The summed E-state index contributed by atoms with van der Waals surface area (Å²) >= 11 is 0. The van der Waals surface area contributed by atoms with Crippen LogP contribution in [0.4, 0.5) is 4.39 Å². The molecule has 1 heterocycles. The van der Waals surface area contributed by atoms with Crippen LogP contribution in [0, 0.1) is 5.82 Å². The van der Waals surface area contributed by atoms with E-state index in [1.807, 2.05) is 0 Å². The smallest absolute Gasteiger partial charge is 0.365 e. The molecule has 22 heavy (non-hydrogen) atoms. The molecule has 0 spiro atoms. The molecule has 0 radical (unpaired) electrons. The van der Waals surface area contributed by atoms with E-state index in [0.29, 0.717) is 18.6 Å². The molecule has 2 aromatic rings. The van der Waals surface area contributed by atoms with Gasteiger partial charge in [0.25, 0.3) is 0 Å². The summed E-state index contributed by atoms with van der Waals surface area (Å²) in [4.78, 5) is 23.0. The van der Waals surface area contributed by atoms with Crippen LogP contribution in [0.25, 0.3) is 11.1 Å². The molecule has 0 atom stereocenters. The molecule has 0 saturated carbocycles. The lowest BCUT2D eigenvalue weighted by Crippen LogP contribution is -2.24. The highest BCUT2D eigenvalue weighted by molar-refractivity contribution is 5.75. The third-order valence-electron chi connectivity index (χ3n) is 2.99. The summed E-state index contributed by atoms with van der Waals surface area (Å²) in [6.45, 7) is 3.87. The Bertz CT molecular complexity index is 721. The molecule has 0 saturated heterocycles. The van der Waals surface area contributed by atoms with Crippen molar-refractivity contribution in [2.75, 3.05) is 6.61 Å². The molecule has 6 nitrogen and oxygen atoms in total. The van der Waals surface area contributed by atoms with Gasteiger partial charge in [-0.3, -0.25) is 4.79 Å². The molecule has 2 rings (SSSR count). The van der Waals surface area contributed by atoms with Gasteiger partial charge in [-0.1, -0.05) is 13.0 Å². The van der Waals surface area contributed by atoms with Crippen molar-refractivity contribution >= 4 is 5.91 Å². The van der Waals surface area contributed by atoms with Gasteiger partial charge in [0.15, 0.2) is 11.6 Å². The van der Waals surface area contributed by atoms with Crippen molar-refractivity contribution in [3.8, 4) is 16.9 Å². The van der Waals surface area contributed by atoms with Crippen molar-refractivity contribution in [1.82, 2.24) is 10.1 Å². The van der Waals surface area contributed by atoms with Crippen LogP contribution in [0.1, 0.15) is 20.3 Å². The maximum atomic E-state index is 13.8. The quantitative estimate of drug-likeness (QED) is 0.887. The first-order valence-electron chi connectivity index (χ1n) is 6.95.